The molecule has 0 saturated heterocycles. The van der Waals surface area contributed by atoms with E-state index in [1.54, 1.807) is 0 Å². The van der Waals surface area contributed by atoms with E-state index in [0.29, 0.717) is 0 Å². The summed E-state index contributed by atoms with van der Waals surface area (Å²) in [5.41, 5.74) is -2.97. The van der Waals surface area contributed by atoms with Gasteiger partial charge in [0.25, 0.3) is 0 Å². The van der Waals surface area contributed by atoms with Gasteiger partial charge in [0.1, 0.15) is 5.60 Å². The Hall–Kier alpha value is 0.695. The second-order valence-corrected chi connectivity index (χ2v) is 2.42. The van der Waals surface area contributed by atoms with Crippen molar-refractivity contribution in [2.45, 2.75) is 18.4 Å². The summed E-state index contributed by atoms with van der Waals surface area (Å²) in [5, 5.41) is 38.9. The predicted molar refractivity (Wildman–Crippen MR) is 29.2 cm³/mol. The van der Waals surface area contributed by atoms with Gasteiger partial charge >= 0.3 is 69.5 Å². The molecule has 76 valence electrons. The average molecular weight is 444 g/mol. The number of carbonyl (C=O) groups is 3. The fraction of sp³-hybridized carbons (Fsp3) is 0.500. The molecule has 0 bridgehead atoms. The van der Waals surface area contributed by atoms with Crippen LogP contribution in [0.5, 0.6) is 0 Å². The maximum absolute atomic E-state index is 10.1. The topological polar surface area (TPSA) is 141 Å². The fourth-order valence-electron chi connectivity index (χ4n) is 0.684. The van der Waals surface area contributed by atoms with Gasteiger partial charge in [-0.3, -0.25) is 0 Å². The molecule has 15 heavy (non-hydrogen) atoms. The van der Waals surface area contributed by atoms with Crippen molar-refractivity contribution in [3.63, 3.8) is 0 Å². The minimum atomic E-state index is -2.97. The maximum atomic E-state index is 10.1. The summed E-state index contributed by atoms with van der Waals surface area (Å²) >= 11 is 0. The molecule has 0 amide bonds. The number of aliphatic hydroxyl groups is 1. The van der Waals surface area contributed by atoms with Crippen molar-refractivity contribution in [1.82, 2.24) is 0 Å². The number of carboxylic acids is 3. The van der Waals surface area contributed by atoms with Gasteiger partial charge in [-0.1, -0.05) is 0 Å². The van der Waals surface area contributed by atoms with Gasteiger partial charge in [0.15, 0.2) is 0 Å². The van der Waals surface area contributed by atoms with Gasteiger partial charge in [0, 0.05) is 24.8 Å². The fourth-order valence-corrected chi connectivity index (χ4v) is 0.684. The molecule has 0 aromatic rings. The zero-order chi connectivity index (χ0) is 10.6. The normalized spacial score (nSPS) is 9.40. The number of rotatable bonds is 5. The molecule has 0 aliphatic carbocycles. The van der Waals surface area contributed by atoms with E-state index in [1.807, 2.05) is 0 Å². The van der Waals surface area contributed by atoms with Crippen LogP contribution in [0.25, 0.3) is 0 Å². The van der Waals surface area contributed by atoms with Gasteiger partial charge in [0.05, 0.1) is 5.97 Å². The summed E-state index contributed by atoms with van der Waals surface area (Å²) in [5.74, 6) is -5.98. The van der Waals surface area contributed by atoms with Gasteiger partial charge in [-0.25, -0.2) is 0 Å². The van der Waals surface area contributed by atoms with E-state index >= 15 is 0 Å². The van der Waals surface area contributed by atoms with Crippen LogP contribution in [0.1, 0.15) is 12.8 Å². The smallest absolute Gasteiger partial charge is 0.550 e. The molecule has 0 radical (unpaired) electrons. The Balaban J connectivity index is -0.000000720. The molecule has 7 nitrogen and oxygen atoms in total. The summed E-state index contributed by atoms with van der Waals surface area (Å²) in [6.07, 6.45) is -2.72. The molecule has 0 aromatic carbocycles. The van der Waals surface area contributed by atoms with Crippen LogP contribution in [0.3, 0.4) is 0 Å². The van der Waals surface area contributed by atoms with Crippen LogP contribution in [-0.4, -0.2) is 28.6 Å². The monoisotopic (exact) mass is 444 g/mol. The first-order chi connectivity index (χ1) is 5.78. The van der Waals surface area contributed by atoms with Crippen molar-refractivity contribution in [3.8, 4) is 0 Å². The van der Waals surface area contributed by atoms with Crippen LogP contribution in [0.4, 0.5) is 0 Å². The minimum absolute atomic E-state index is 0. The number of carbonyl (C=O) groups excluding carboxylic acids is 3. The van der Waals surface area contributed by atoms with Crippen LogP contribution >= 0.6 is 0 Å². The molecule has 0 saturated carbocycles. The van der Waals surface area contributed by atoms with Crippen LogP contribution in [0.2, 0.25) is 0 Å². The van der Waals surface area contributed by atoms with Gasteiger partial charge in [-0.15, -0.1) is 0 Å². The largest absolute Gasteiger partial charge is 2.00 e. The second-order valence-electron chi connectivity index (χ2n) is 2.42. The molecular weight excluding hydrogens is 439 g/mol. The maximum Gasteiger partial charge on any atom is 2.00 e. The van der Waals surface area contributed by atoms with Crippen molar-refractivity contribution >= 4 is 17.9 Å². The Morgan fingerprint density at radius 3 is 1.40 bits per heavy atom. The van der Waals surface area contributed by atoms with E-state index in [9.17, 15) is 29.7 Å². The van der Waals surface area contributed by atoms with E-state index in [4.69, 9.17) is 5.11 Å². The SMILES string of the molecule is O=C([O-])CC(O)(CC(=O)[O-])C(=O)[O-].[Na+].[Th+2]. The van der Waals surface area contributed by atoms with Crippen molar-refractivity contribution in [2.75, 3.05) is 0 Å². The molecule has 1 N–H and O–H groups in total. The molecule has 0 spiro atoms. The standard InChI is InChI=1S/C6H8O7.Na.Th/c7-3(8)1-6(13,5(11)12)2-4(9)10;;/h13H,1-2H2,(H,7,8)(H,9,10)(H,11,12);;/q;+1;+2/p-3. The zero-order valence-corrected chi connectivity index (χ0v) is 13.9. The summed E-state index contributed by atoms with van der Waals surface area (Å²) in [7, 11) is 0. The van der Waals surface area contributed by atoms with Crippen molar-refractivity contribution in [2.24, 2.45) is 0 Å². The van der Waals surface area contributed by atoms with Gasteiger partial charge in [-0.2, -0.15) is 0 Å². The van der Waals surface area contributed by atoms with Crippen molar-refractivity contribution in [3.05, 3.63) is 0 Å². The van der Waals surface area contributed by atoms with E-state index in [0.717, 1.165) is 0 Å². The number of hydrogen-bond donors (Lipinski definition) is 1. The van der Waals surface area contributed by atoms with Gasteiger partial charge in [-0.05, 0) is 0 Å². The summed E-state index contributed by atoms with van der Waals surface area (Å²) < 4.78 is 0. The summed E-state index contributed by atoms with van der Waals surface area (Å²) in [6, 6.07) is 0. The van der Waals surface area contributed by atoms with E-state index in [2.05, 4.69) is 0 Å². The second kappa shape index (κ2) is 8.80. The van der Waals surface area contributed by atoms with Crippen LogP contribution in [0.15, 0.2) is 0 Å². The first-order valence-corrected chi connectivity index (χ1v) is 3.11. The molecule has 0 fully saturated rings. The molecule has 0 rings (SSSR count). The van der Waals surface area contributed by atoms with Crippen LogP contribution in [-0.2, 0) is 14.4 Å². The predicted octanol–water partition coefficient (Wildman–Crippen LogP) is -8.25. The molecule has 0 heterocycles. The van der Waals surface area contributed by atoms with Crippen LogP contribution in [0, 0.1) is 39.9 Å². The van der Waals surface area contributed by atoms with Crippen molar-refractivity contribution < 1.29 is 104 Å². The van der Waals surface area contributed by atoms with Crippen LogP contribution < -0.4 is 44.9 Å². The first-order valence-electron chi connectivity index (χ1n) is 3.11. The quantitative estimate of drug-likeness (QED) is 0.416. The Bertz CT molecular complexity index is 238. The minimum Gasteiger partial charge on any atom is -0.550 e. The van der Waals surface area contributed by atoms with Gasteiger partial charge < -0.3 is 34.8 Å². The zero-order valence-electron chi connectivity index (χ0n) is 7.81. The third-order valence-corrected chi connectivity index (χ3v) is 1.25. The van der Waals surface area contributed by atoms with E-state index in [1.165, 1.54) is 0 Å². The Morgan fingerprint density at radius 1 is 1.00 bits per heavy atom. The number of hydrogen-bond acceptors (Lipinski definition) is 7. The molecule has 0 aliphatic heterocycles. The van der Waals surface area contributed by atoms with E-state index in [-0.39, 0.29) is 69.5 Å². The third-order valence-electron chi connectivity index (χ3n) is 1.25. The summed E-state index contributed by atoms with van der Waals surface area (Å²) in [4.78, 5) is 30.0. The molecule has 0 atom stereocenters. The molecular formula is C6H5NaO7Th. The third kappa shape index (κ3) is 8.50. The average Bonchev–Trinajstić information content (AvgIpc) is 1.82. The molecule has 0 aliphatic rings. The van der Waals surface area contributed by atoms with E-state index < -0.39 is 36.4 Å². The number of aliphatic carboxylic acids is 3. The molecule has 0 aromatic heterocycles. The van der Waals surface area contributed by atoms with Gasteiger partial charge in [0.2, 0.25) is 0 Å². The molecule has 9 heteroatoms. The Morgan fingerprint density at radius 2 is 1.27 bits per heavy atom. The van der Waals surface area contributed by atoms with Crippen molar-refractivity contribution in [1.29, 1.82) is 0 Å². The Kier molecular flexibility index (Phi) is 12.3. The number of carboxylic acid groups (broad SMARTS) is 3. The molecule has 0 unspecified atom stereocenters. The summed E-state index contributed by atoms with van der Waals surface area (Å²) in [6.45, 7) is 0. The first kappa shape index (κ1) is 21.0. The Labute approximate surface area is 139 Å².